The second-order valence-corrected chi connectivity index (χ2v) is 10.1. The second-order valence-electron chi connectivity index (χ2n) is 10.1. The first kappa shape index (κ1) is 27.5. The van der Waals surface area contributed by atoms with Crippen molar-refractivity contribution in [2.75, 3.05) is 33.4 Å². The molecule has 2 fully saturated rings. The highest BCUT2D eigenvalue weighted by molar-refractivity contribution is 5.88. The van der Waals surface area contributed by atoms with Crippen molar-refractivity contribution in [1.29, 1.82) is 0 Å². The largest absolute Gasteiger partial charge is 0.508 e. The molecule has 2 saturated heterocycles. The van der Waals surface area contributed by atoms with Gasteiger partial charge in [-0.2, -0.15) is 0 Å². The normalized spacial score (nSPS) is 18.8. The molecular weight excluding hydrogens is 491 g/mol. The summed E-state index contributed by atoms with van der Waals surface area (Å²) in [5, 5.41) is 14.0. The number of amides is 2. The van der Waals surface area contributed by atoms with Gasteiger partial charge in [-0.1, -0.05) is 24.3 Å². The van der Waals surface area contributed by atoms with Crippen LogP contribution in [0, 0.1) is 16.6 Å². The highest BCUT2D eigenvalue weighted by atomic mass is 19.1. The van der Waals surface area contributed by atoms with Crippen molar-refractivity contribution >= 4 is 11.8 Å². The van der Waals surface area contributed by atoms with Gasteiger partial charge in [-0.25, -0.2) is 4.39 Å². The van der Waals surface area contributed by atoms with Crippen molar-refractivity contribution in [2.24, 2.45) is 5.92 Å². The van der Waals surface area contributed by atoms with Gasteiger partial charge >= 0.3 is 0 Å². The molecule has 10 heteroatoms. The molecule has 38 heavy (non-hydrogen) atoms. The van der Waals surface area contributed by atoms with E-state index in [1.807, 2.05) is 0 Å². The molecule has 2 aromatic rings. The number of hydrazine groups is 1. The van der Waals surface area contributed by atoms with E-state index in [0.29, 0.717) is 39.1 Å². The standard InChI is InChI=1S/C28H35FN4O5/c1-31-15-12-25(33(31)37)27(28(36)30-18-21-2-7-23(29)8-3-21)32(19-22-13-16-38-17-14-22)26(35)11-6-20-4-9-24(34)10-5-20/h2-5,7-10,22,25,27H,6,11-19H2,1H3,(H-,30,34,36)/p+1. The van der Waals surface area contributed by atoms with Crippen LogP contribution in [-0.2, 0) is 27.3 Å². The van der Waals surface area contributed by atoms with Crippen LogP contribution in [0.15, 0.2) is 48.5 Å². The number of carbonyl (C=O) groups excluding carboxylic acids is 2. The Kier molecular flexibility index (Phi) is 9.28. The van der Waals surface area contributed by atoms with Gasteiger partial charge in [0.15, 0.2) is 6.04 Å². The summed E-state index contributed by atoms with van der Waals surface area (Å²) in [5.41, 5.74) is 1.61. The van der Waals surface area contributed by atoms with Gasteiger partial charge in [0.05, 0.1) is 18.5 Å². The van der Waals surface area contributed by atoms with Gasteiger partial charge in [0.25, 0.3) is 6.04 Å². The van der Waals surface area contributed by atoms with E-state index in [1.54, 1.807) is 48.3 Å². The van der Waals surface area contributed by atoms with Gasteiger partial charge in [-0.05, 0) is 60.6 Å². The number of nitrogens with one attached hydrogen (secondary N) is 1. The minimum Gasteiger partial charge on any atom is -0.508 e. The fraction of sp³-hybridized carbons (Fsp3) is 0.500. The lowest BCUT2D eigenvalue weighted by Gasteiger charge is -2.35. The molecule has 0 aliphatic carbocycles. The van der Waals surface area contributed by atoms with Crippen molar-refractivity contribution < 1.29 is 28.7 Å². The Morgan fingerprint density at radius 1 is 1.11 bits per heavy atom. The molecule has 0 saturated carbocycles. The molecule has 2 N–H and O–H groups in total. The van der Waals surface area contributed by atoms with Gasteiger partial charge < -0.3 is 20.1 Å². The Bertz CT molecular complexity index is 1110. The molecule has 0 spiro atoms. The van der Waals surface area contributed by atoms with Gasteiger partial charge in [-0.15, -0.1) is 5.01 Å². The number of rotatable bonds is 10. The van der Waals surface area contributed by atoms with Crippen LogP contribution in [0.4, 0.5) is 4.39 Å². The number of nitroso groups, excluding NO2 is 1. The quantitative estimate of drug-likeness (QED) is 0.461. The Morgan fingerprint density at radius 2 is 1.76 bits per heavy atom. The molecule has 4 rings (SSSR count). The number of benzene rings is 2. The van der Waals surface area contributed by atoms with E-state index >= 15 is 0 Å². The lowest BCUT2D eigenvalue weighted by Crippen LogP contribution is -2.58. The number of phenolic OH excluding ortho intramolecular Hbond substituents is 1. The van der Waals surface area contributed by atoms with E-state index in [1.165, 1.54) is 17.1 Å². The first-order valence-electron chi connectivity index (χ1n) is 13.2. The zero-order valence-electron chi connectivity index (χ0n) is 21.7. The molecule has 2 aromatic carbocycles. The number of hydrogen-bond acceptors (Lipinski definition) is 5. The molecule has 2 amide bonds. The van der Waals surface area contributed by atoms with Crippen LogP contribution >= 0.6 is 0 Å². The van der Waals surface area contributed by atoms with Crippen LogP contribution in [0.3, 0.4) is 0 Å². The third-order valence-electron chi connectivity index (χ3n) is 7.40. The number of ether oxygens (including phenoxy) is 1. The van der Waals surface area contributed by atoms with E-state index < -0.39 is 18.0 Å². The van der Waals surface area contributed by atoms with E-state index in [0.717, 1.165) is 28.8 Å². The Morgan fingerprint density at radius 3 is 2.39 bits per heavy atom. The monoisotopic (exact) mass is 527 g/mol. The molecule has 2 atom stereocenters. The third-order valence-corrected chi connectivity index (χ3v) is 7.40. The van der Waals surface area contributed by atoms with Crippen LogP contribution < -0.4 is 5.32 Å². The number of aryl methyl sites for hydroxylation is 1. The fourth-order valence-corrected chi connectivity index (χ4v) is 5.12. The average Bonchev–Trinajstić information content (AvgIpc) is 3.25. The Hall–Kier alpha value is -3.53. The lowest BCUT2D eigenvalue weighted by atomic mass is 9.95. The SMILES string of the molecule is CN1CCC(C(C(=O)NCc2ccc(F)cc2)N(CC2CCOCC2)C(=O)CCc2ccc(O)cc2)[N+]1=O. The fourth-order valence-electron chi connectivity index (χ4n) is 5.12. The summed E-state index contributed by atoms with van der Waals surface area (Å²) in [4.78, 5) is 42.9. The Labute approximate surface area is 222 Å². The van der Waals surface area contributed by atoms with Crippen LogP contribution in [0.25, 0.3) is 0 Å². The predicted molar refractivity (Wildman–Crippen MR) is 138 cm³/mol. The highest BCUT2D eigenvalue weighted by Gasteiger charge is 2.50. The van der Waals surface area contributed by atoms with E-state index in [-0.39, 0.29) is 36.4 Å². The van der Waals surface area contributed by atoms with Crippen molar-refractivity contribution in [2.45, 2.75) is 50.7 Å². The second kappa shape index (κ2) is 12.8. The molecule has 2 aliphatic heterocycles. The number of nitrogens with zero attached hydrogens (tertiary/aromatic N) is 3. The summed E-state index contributed by atoms with van der Waals surface area (Å²) in [7, 11) is 1.68. The molecule has 2 aliphatic rings. The molecule has 0 bridgehead atoms. The first-order chi connectivity index (χ1) is 18.3. The Balaban J connectivity index is 1.57. The van der Waals surface area contributed by atoms with E-state index in [4.69, 9.17) is 4.74 Å². The minimum absolute atomic E-state index is 0.153. The number of hydrogen-bond donors (Lipinski definition) is 2. The van der Waals surface area contributed by atoms with Crippen molar-refractivity contribution in [1.82, 2.24) is 15.2 Å². The number of carbonyl (C=O) groups is 2. The predicted octanol–water partition coefficient (Wildman–Crippen LogP) is 2.80. The van der Waals surface area contributed by atoms with Crippen molar-refractivity contribution in [3.05, 3.63) is 70.4 Å². The lowest BCUT2D eigenvalue weighted by molar-refractivity contribution is -0.707. The topological polar surface area (TPSA) is 102 Å². The molecule has 0 aromatic heterocycles. The van der Waals surface area contributed by atoms with Crippen LogP contribution in [0.2, 0.25) is 0 Å². The summed E-state index contributed by atoms with van der Waals surface area (Å²) in [6.07, 6.45) is 2.61. The third kappa shape index (κ3) is 7.06. The molecule has 204 valence electrons. The summed E-state index contributed by atoms with van der Waals surface area (Å²) >= 11 is 0. The number of halogens is 1. The smallest absolute Gasteiger partial charge is 0.265 e. The van der Waals surface area contributed by atoms with E-state index in [9.17, 15) is 24.0 Å². The van der Waals surface area contributed by atoms with Gasteiger partial charge in [0.1, 0.15) is 16.4 Å². The molecule has 9 nitrogen and oxygen atoms in total. The zero-order chi connectivity index (χ0) is 27.1. The van der Waals surface area contributed by atoms with Gasteiger partial charge in [0.2, 0.25) is 11.8 Å². The van der Waals surface area contributed by atoms with Crippen LogP contribution in [0.1, 0.15) is 36.8 Å². The maximum Gasteiger partial charge on any atom is 0.265 e. The van der Waals surface area contributed by atoms with Crippen LogP contribution in [-0.4, -0.2) is 77.1 Å². The maximum atomic E-state index is 13.7. The molecular formula is C28H36FN4O5+. The molecule has 2 unspecified atom stereocenters. The van der Waals surface area contributed by atoms with Crippen molar-refractivity contribution in [3.8, 4) is 5.75 Å². The van der Waals surface area contributed by atoms with Gasteiger partial charge in [-0.3, -0.25) is 9.59 Å². The summed E-state index contributed by atoms with van der Waals surface area (Å²) in [6.45, 7) is 2.20. The first-order valence-corrected chi connectivity index (χ1v) is 13.2. The van der Waals surface area contributed by atoms with Gasteiger partial charge in [0, 0.05) is 39.1 Å². The van der Waals surface area contributed by atoms with E-state index in [2.05, 4.69) is 5.32 Å². The zero-order valence-corrected chi connectivity index (χ0v) is 21.7. The maximum absolute atomic E-state index is 13.7. The summed E-state index contributed by atoms with van der Waals surface area (Å²) in [6, 6.07) is 10.8. The minimum atomic E-state index is -0.979. The van der Waals surface area contributed by atoms with Crippen LogP contribution in [0.5, 0.6) is 5.75 Å². The number of aromatic hydroxyl groups is 1. The molecule has 2 heterocycles. The highest BCUT2D eigenvalue weighted by Crippen LogP contribution is 2.25. The summed E-state index contributed by atoms with van der Waals surface area (Å²) < 4.78 is 18.8. The average molecular weight is 528 g/mol. The summed E-state index contributed by atoms with van der Waals surface area (Å²) in [5.74, 6) is -0.654. The number of phenols is 1. The molecule has 0 radical (unpaired) electrons. The van der Waals surface area contributed by atoms with Crippen molar-refractivity contribution in [3.63, 3.8) is 0 Å².